The molecule has 0 atom stereocenters. The standard InChI is InChI=1S/C28H17N3/c29-16-13-24-5-1-22(2-6-24)9-11-26-19-27(21-28(20-26)15-18-31)12-10-23-3-7-25(8-4-23)14-17-30/h1-8,19-21H,13-15H2. The maximum absolute atomic E-state index is 9.09. The molecule has 0 aliphatic carbocycles. The minimum Gasteiger partial charge on any atom is -0.198 e. The van der Waals surface area contributed by atoms with Crippen molar-refractivity contribution < 1.29 is 0 Å². The van der Waals surface area contributed by atoms with Crippen LogP contribution >= 0.6 is 0 Å². The van der Waals surface area contributed by atoms with Crippen LogP contribution in [0.3, 0.4) is 0 Å². The summed E-state index contributed by atoms with van der Waals surface area (Å²) in [5.74, 6) is 12.6. The Morgan fingerprint density at radius 3 is 1.16 bits per heavy atom. The third-order valence-electron chi connectivity index (χ3n) is 4.45. The van der Waals surface area contributed by atoms with E-state index in [4.69, 9.17) is 15.8 Å². The molecule has 0 bridgehead atoms. The zero-order valence-electron chi connectivity index (χ0n) is 16.8. The first-order valence-corrected chi connectivity index (χ1v) is 9.67. The van der Waals surface area contributed by atoms with E-state index in [2.05, 4.69) is 41.9 Å². The molecule has 144 valence electrons. The van der Waals surface area contributed by atoms with Gasteiger partial charge in [-0.15, -0.1) is 0 Å². The molecule has 3 nitrogen and oxygen atoms in total. The molecule has 0 aliphatic heterocycles. The third-order valence-corrected chi connectivity index (χ3v) is 4.45. The van der Waals surface area contributed by atoms with E-state index >= 15 is 0 Å². The summed E-state index contributed by atoms with van der Waals surface area (Å²) >= 11 is 0. The summed E-state index contributed by atoms with van der Waals surface area (Å²) in [5, 5.41) is 26.6. The van der Waals surface area contributed by atoms with Crippen LogP contribution in [-0.2, 0) is 19.3 Å². The Bertz CT molecular complexity index is 1220. The third kappa shape index (κ3) is 6.38. The lowest BCUT2D eigenvalue weighted by Crippen LogP contribution is -1.88. The van der Waals surface area contributed by atoms with Crippen LogP contribution in [0.4, 0.5) is 0 Å². The van der Waals surface area contributed by atoms with Gasteiger partial charge < -0.3 is 0 Å². The van der Waals surface area contributed by atoms with Crippen molar-refractivity contribution in [3.05, 3.63) is 106 Å². The van der Waals surface area contributed by atoms with Gasteiger partial charge in [-0.1, -0.05) is 47.9 Å². The van der Waals surface area contributed by atoms with Crippen LogP contribution in [-0.4, -0.2) is 0 Å². The number of nitrogens with zero attached hydrogens (tertiary/aromatic N) is 3. The van der Waals surface area contributed by atoms with E-state index in [1.165, 1.54) is 0 Å². The molecule has 3 rings (SSSR count). The van der Waals surface area contributed by atoms with Crippen LogP contribution in [0.25, 0.3) is 0 Å². The molecule has 0 spiro atoms. The highest BCUT2D eigenvalue weighted by Crippen LogP contribution is 2.11. The summed E-state index contributed by atoms with van der Waals surface area (Å²) < 4.78 is 0. The van der Waals surface area contributed by atoms with E-state index in [1.54, 1.807) is 0 Å². The van der Waals surface area contributed by atoms with Gasteiger partial charge >= 0.3 is 0 Å². The summed E-state index contributed by atoms with van der Waals surface area (Å²) in [6.45, 7) is 0. The summed E-state index contributed by atoms with van der Waals surface area (Å²) in [7, 11) is 0. The predicted molar refractivity (Wildman–Crippen MR) is 119 cm³/mol. The zero-order chi connectivity index (χ0) is 21.9. The normalized spacial score (nSPS) is 9.06. The SMILES string of the molecule is N#CCc1ccc(C#Cc2cc(C#Cc3ccc(CC#N)cc3)cc(CC#N)c2)cc1. The summed E-state index contributed by atoms with van der Waals surface area (Å²) in [5.41, 5.74) is 6.09. The van der Waals surface area contributed by atoms with Crippen molar-refractivity contribution >= 4 is 0 Å². The lowest BCUT2D eigenvalue weighted by molar-refractivity contribution is 1.25. The van der Waals surface area contributed by atoms with Crippen molar-refractivity contribution in [2.24, 2.45) is 0 Å². The van der Waals surface area contributed by atoms with Crippen molar-refractivity contribution in [2.45, 2.75) is 19.3 Å². The second-order valence-corrected chi connectivity index (χ2v) is 6.82. The summed E-state index contributed by atoms with van der Waals surface area (Å²) in [6, 6.07) is 27.4. The Hall–Kier alpha value is -4.75. The van der Waals surface area contributed by atoms with E-state index in [0.717, 1.165) is 38.9 Å². The Morgan fingerprint density at radius 2 is 0.774 bits per heavy atom. The fourth-order valence-electron chi connectivity index (χ4n) is 2.91. The first-order valence-electron chi connectivity index (χ1n) is 9.67. The molecule has 3 aromatic rings. The fourth-order valence-corrected chi connectivity index (χ4v) is 2.91. The molecule has 0 aromatic heterocycles. The van der Waals surface area contributed by atoms with Crippen LogP contribution in [0, 0.1) is 57.7 Å². The highest BCUT2D eigenvalue weighted by atomic mass is 14.2. The van der Waals surface area contributed by atoms with Crippen molar-refractivity contribution in [3.63, 3.8) is 0 Å². The molecular formula is C28H17N3. The van der Waals surface area contributed by atoms with Gasteiger partial charge in [0.25, 0.3) is 0 Å². The zero-order valence-corrected chi connectivity index (χ0v) is 16.8. The maximum Gasteiger partial charge on any atom is 0.0669 e. The van der Waals surface area contributed by atoms with Gasteiger partial charge in [0, 0.05) is 22.3 Å². The first kappa shape index (κ1) is 21.0. The lowest BCUT2D eigenvalue weighted by Gasteiger charge is -2.00. The van der Waals surface area contributed by atoms with Crippen molar-refractivity contribution in [2.75, 3.05) is 0 Å². The Balaban J connectivity index is 1.86. The molecule has 31 heavy (non-hydrogen) atoms. The number of benzene rings is 3. The molecule has 0 aliphatic rings. The van der Waals surface area contributed by atoms with Gasteiger partial charge in [-0.2, -0.15) is 15.8 Å². The lowest BCUT2D eigenvalue weighted by atomic mass is 10.0. The number of rotatable bonds is 3. The Kier molecular flexibility index (Phi) is 7.24. The number of hydrogen-bond donors (Lipinski definition) is 0. The molecule has 0 saturated carbocycles. The van der Waals surface area contributed by atoms with E-state index in [0.29, 0.717) is 12.8 Å². The van der Waals surface area contributed by atoms with Gasteiger partial charge in [0.1, 0.15) is 0 Å². The Labute approximate surface area is 182 Å². The van der Waals surface area contributed by atoms with Crippen LogP contribution < -0.4 is 0 Å². The van der Waals surface area contributed by atoms with Crippen molar-refractivity contribution in [3.8, 4) is 41.9 Å². The van der Waals surface area contributed by atoms with Gasteiger partial charge in [0.2, 0.25) is 0 Å². The topological polar surface area (TPSA) is 71.4 Å². The molecular weight excluding hydrogens is 378 g/mol. The van der Waals surface area contributed by atoms with Crippen LogP contribution in [0.15, 0.2) is 66.7 Å². The van der Waals surface area contributed by atoms with Gasteiger partial charge in [0.15, 0.2) is 0 Å². The molecule has 0 radical (unpaired) electrons. The van der Waals surface area contributed by atoms with Gasteiger partial charge in [0.05, 0.1) is 37.5 Å². The minimum atomic E-state index is 0.288. The monoisotopic (exact) mass is 395 g/mol. The van der Waals surface area contributed by atoms with E-state index in [9.17, 15) is 0 Å². The second-order valence-electron chi connectivity index (χ2n) is 6.82. The first-order chi connectivity index (χ1) is 15.2. The second kappa shape index (κ2) is 10.7. The maximum atomic E-state index is 9.09. The molecule has 0 saturated heterocycles. The highest BCUT2D eigenvalue weighted by Gasteiger charge is 1.99. The van der Waals surface area contributed by atoms with Crippen LogP contribution in [0.2, 0.25) is 0 Å². The molecule has 3 aromatic carbocycles. The molecule has 0 amide bonds. The van der Waals surface area contributed by atoms with E-state index in [1.807, 2.05) is 66.7 Å². The average molecular weight is 395 g/mol. The Morgan fingerprint density at radius 1 is 0.419 bits per heavy atom. The van der Waals surface area contributed by atoms with Crippen LogP contribution in [0.5, 0.6) is 0 Å². The summed E-state index contributed by atoms with van der Waals surface area (Å²) in [4.78, 5) is 0. The molecule has 0 fully saturated rings. The van der Waals surface area contributed by atoms with E-state index in [-0.39, 0.29) is 6.42 Å². The average Bonchev–Trinajstić information content (AvgIpc) is 2.79. The van der Waals surface area contributed by atoms with Crippen LogP contribution in [0.1, 0.15) is 38.9 Å². The highest BCUT2D eigenvalue weighted by molar-refractivity contribution is 5.51. The summed E-state index contributed by atoms with van der Waals surface area (Å²) in [6.07, 6.45) is 1.05. The van der Waals surface area contributed by atoms with Gasteiger partial charge in [-0.05, 0) is 59.2 Å². The predicted octanol–water partition coefficient (Wildman–Crippen LogP) is 4.68. The largest absolute Gasteiger partial charge is 0.198 e. The molecule has 0 unspecified atom stereocenters. The molecule has 3 heteroatoms. The molecule has 0 N–H and O–H groups in total. The van der Waals surface area contributed by atoms with Crippen molar-refractivity contribution in [1.82, 2.24) is 0 Å². The smallest absolute Gasteiger partial charge is 0.0669 e. The number of hydrogen-bond acceptors (Lipinski definition) is 3. The van der Waals surface area contributed by atoms with Gasteiger partial charge in [-0.25, -0.2) is 0 Å². The quantitative estimate of drug-likeness (QED) is 0.604. The van der Waals surface area contributed by atoms with Crippen molar-refractivity contribution in [1.29, 1.82) is 15.8 Å². The fraction of sp³-hybridized carbons (Fsp3) is 0.107. The number of nitriles is 3. The minimum absolute atomic E-state index is 0.288. The van der Waals surface area contributed by atoms with E-state index < -0.39 is 0 Å². The molecule has 0 heterocycles. The van der Waals surface area contributed by atoms with Gasteiger partial charge in [-0.3, -0.25) is 0 Å².